The first-order valence-corrected chi connectivity index (χ1v) is 9.77. The smallest absolute Gasteiger partial charge is 0.335 e. The van der Waals surface area contributed by atoms with Crippen molar-refractivity contribution >= 4 is 17.5 Å². The monoisotopic (exact) mass is 442 g/mol. The van der Waals surface area contributed by atoms with Gasteiger partial charge in [0.2, 0.25) is 0 Å². The number of rotatable bonds is 4. The maximum Gasteiger partial charge on any atom is 0.335 e. The van der Waals surface area contributed by atoms with Gasteiger partial charge in [-0.3, -0.25) is 0 Å². The molecule has 1 aliphatic heterocycles. The van der Waals surface area contributed by atoms with Crippen LogP contribution in [0.25, 0.3) is 11.3 Å². The van der Waals surface area contributed by atoms with E-state index in [0.717, 1.165) is 11.6 Å². The van der Waals surface area contributed by atoms with Crippen molar-refractivity contribution in [2.24, 2.45) is 0 Å². The summed E-state index contributed by atoms with van der Waals surface area (Å²) in [7, 11) is 0. The van der Waals surface area contributed by atoms with Gasteiger partial charge in [0.1, 0.15) is 11.9 Å². The lowest BCUT2D eigenvalue weighted by Crippen LogP contribution is -2.45. The summed E-state index contributed by atoms with van der Waals surface area (Å²) in [6, 6.07) is 9.35. The summed E-state index contributed by atoms with van der Waals surface area (Å²) in [5.74, 6) is -3.61. The molecule has 1 aromatic heterocycles. The van der Waals surface area contributed by atoms with Gasteiger partial charge in [-0.2, -0.15) is 0 Å². The molecule has 0 unspecified atom stereocenters. The van der Waals surface area contributed by atoms with Crippen molar-refractivity contribution in [1.29, 1.82) is 0 Å². The zero-order chi connectivity index (χ0) is 23.0. The lowest BCUT2D eigenvalue weighted by atomic mass is 10.0. The van der Waals surface area contributed by atoms with Crippen molar-refractivity contribution in [3.63, 3.8) is 0 Å². The molecule has 0 aliphatic carbocycles. The Morgan fingerprint density at radius 1 is 1.19 bits per heavy atom. The maximum atomic E-state index is 13.8. The average molecular weight is 442 g/mol. The highest BCUT2D eigenvalue weighted by Gasteiger charge is 2.30. The van der Waals surface area contributed by atoms with Gasteiger partial charge in [-0.05, 0) is 36.8 Å². The molecule has 10 heteroatoms. The number of carbonyl (C=O) groups is 1. The van der Waals surface area contributed by atoms with Crippen LogP contribution in [0.15, 0.2) is 42.5 Å². The Hall–Kier alpha value is -3.79. The summed E-state index contributed by atoms with van der Waals surface area (Å²) in [4.78, 5) is 13.0. The molecule has 2 heterocycles. The van der Waals surface area contributed by atoms with Gasteiger partial charge in [0.15, 0.2) is 17.4 Å². The van der Waals surface area contributed by atoms with Gasteiger partial charge in [0.05, 0.1) is 23.6 Å². The average Bonchev–Trinajstić information content (AvgIpc) is 2.77. The van der Waals surface area contributed by atoms with E-state index in [1.54, 1.807) is 12.1 Å². The van der Waals surface area contributed by atoms with Crippen molar-refractivity contribution in [3.05, 3.63) is 65.2 Å². The summed E-state index contributed by atoms with van der Waals surface area (Å²) in [5.41, 5.74) is 7.42. The first kappa shape index (κ1) is 21.4. The second kappa shape index (κ2) is 8.39. The molecule has 4 N–H and O–H groups in total. The second-order valence-corrected chi connectivity index (χ2v) is 7.53. The zero-order valence-electron chi connectivity index (χ0n) is 17.0. The van der Waals surface area contributed by atoms with Crippen molar-refractivity contribution in [2.75, 3.05) is 23.8 Å². The highest BCUT2D eigenvalue weighted by atomic mass is 19.1. The number of aromatic carboxylic acids is 1. The van der Waals surface area contributed by atoms with Gasteiger partial charge in [-0.1, -0.05) is 12.1 Å². The SMILES string of the molecule is C[C@@H]1CO[C@H](c2ccc(C(=O)O)cc2)CN1c1cc(-c2cc(F)cc(F)c2O)nnc1N. The minimum atomic E-state index is -1.11. The number of hydrogen-bond donors (Lipinski definition) is 3. The van der Waals surface area contributed by atoms with Crippen LogP contribution in [0.5, 0.6) is 5.75 Å². The molecule has 0 saturated carbocycles. The van der Waals surface area contributed by atoms with Crippen LogP contribution in [0.3, 0.4) is 0 Å². The minimum absolute atomic E-state index is 0.0613. The molecule has 0 radical (unpaired) electrons. The third-order valence-electron chi connectivity index (χ3n) is 5.38. The lowest BCUT2D eigenvalue weighted by molar-refractivity contribution is 0.0215. The molecule has 2 atom stereocenters. The van der Waals surface area contributed by atoms with Crippen molar-refractivity contribution in [3.8, 4) is 17.0 Å². The third kappa shape index (κ3) is 4.04. The van der Waals surface area contributed by atoms with Crippen LogP contribution < -0.4 is 10.6 Å². The second-order valence-electron chi connectivity index (χ2n) is 7.53. The topological polar surface area (TPSA) is 122 Å². The Balaban J connectivity index is 1.67. The molecule has 1 aliphatic rings. The van der Waals surface area contributed by atoms with E-state index in [9.17, 15) is 18.7 Å². The number of aromatic nitrogens is 2. The number of aromatic hydroxyl groups is 1. The van der Waals surface area contributed by atoms with E-state index in [0.29, 0.717) is 24.9 Å². The van der Waals surface area contributed by atoms with Crippen molar-refractivity contribution < 1.29 is 28.5 Å². The van der Waals surface area contributed by atoms with E-state index in [1.807, 2.05) is 11.8 Å². The number of nitrogens with zero attached hydrogens (tertiary/aromatic N) is 3. The molecule has 4 rings (SSSR count). The third-order valence-corrected chi connectivity index (χ3v) is 5.38. The Bertz CT molecular complexity index is 1170. The van der Waals surface area contributed by atoms with E-state index in [-0.39, 0.29) is 34.8 Å². The Kier molecular flexibility index (Phi) is 5.62. The largest absolute Gasteiger partial charge is 0.504 e. The van der Waals surface area contributed by atoms with Crippen LogP contribution in [-0.4, -0.2) is 45.6 Å². The van der Waals surface area contributed by atoms with E-state index < -0.39 is 23.4 Å². The predicted molar refractivity (Wildman–Crippen MR) is 112 cm³/mol. The summed E-state index contributed by atoms with van der Waals surface area (Å²) in [6.45, 7) is 2.64. The number of anilines is 2. The zero-order valence-corrected chi connectivity index (χ0v) is 17.0. The molecule has 1 fully saturated rings. The number of nitrogen functional groups attached to an aromatic ring is 1. The molecule has 1 saturated heterocycles. The number of nitrogens with two attached hydrogens (primary N) is 1. The van der Waals surface area contributed by atoms with Crippen LogP contribution in [0.1, 0.15) is 28.9 Å². The number of ether oxygens (including phenoxy) is 1. The molecular weight excluding hydrogens is 422 g/mol. The van der Waals surface area contributed by atoms with Crippen molar-refractivity contribution in [1.82, 2.24) is 10.2 Å². The van der Waals surface area contributed by atoms with Gasteiger partial charge in [0, 0.05) is 24.2 Å². The highest BCUT2D eigenvalue weighted by molar-refractivity contribution is 5.87. The number of carboxylic acid groups (broad SMARTS) is 1. The first-order valence-electron chi connectivity index (χ1n) is 9.77. The number of morpholine rings is 1. The number of phenolic OH excluding ortho intramolecular Hbond substituents is 1. The van der Waals surface area contributed by atoms with Gasteiger partial charge in [-0.25, -0.2) is 13.6 Å². The Morgan fingerprint density at radius 3 is 2.59 bits per heavy atom. The number of hydrogen-bond acceptors (Lipinski definition) is 7. The fourth-order valence-electron chi connectivity index (χ4n) is 3.65. The van der Waals surface area contributed by atoms with Crippen LogP contribution in [-0.2, 0) is 4.74 Å². The van der Waals surface area contributed by atoms with Gasteiger partial charge < -0.3 is 25.6 Å². The van der Waals surface area contributed by atoms with Crippen LogP contribution in [0.4, 0.5) is 20.3 Å². The van der Waals surface area contributed by atoms with Gasteiger partial charge in [0.25, 0.3) is 0 Å². The summed E-state index contributed by atoms with van der Waals surface area (Å²) in [5, 5.41) is 26.9. The summed E-state index contributed by atoms with van der Waals surface area (Å²) in [6.07, 6.45) is -0.370. The number of halogens is 2. The van der Waals surface area contributed by atoms with E-state index in [4.69, 9.17) is 15.6 Å². The van der Waals surface area contributed by atoms with Crippen LogP contribution in [0.2, 0.25) is 0 Å². The maximum absolute atomic E-state index is 13.8. The highest BCUT2D eigenvalue weighted by Crippen LogP contribution is 2.36. The fraction of sp³-hybridized carbons (Fsp3) is 0.227. The quantitative estimate of drug-likeness (QED) is 0.562. The lowest BCUT2D eigenvalue weighted by Gasteiger charge is -2.40. The summed E-state index contributed by atoms with van der Waals surface area (Å²) >= 11 is 0. The summed E-state index contributed by atoms with van der Waals surface area (Å²) < 4.78 is 33.5. The van der Waals surface area contributed by atoms with Gasteiger partial charge >= 0.3 is 5.97 Å². The van der Waals surface area contributed by atoms with Gasteiger partial charge in [-0.15, -0.1) is 10.2 Å². The first-order chi connectivity index (χ1) is 15.2. The predicted octanol–water partition coefficient (Wildman–Crippen LogP) is 3.37. The molecule has 8 nitrogen and oxygen atoms in total. The minimum Gasteiger partial charge on any atom is -0.504 e. The van der Waals surface area contributed by atoms with Crippen molar-refractivity contribution in [2.45, 2.75) is 19.1 Å². The molecular formula is C22H20F2N4O4. The van der Waals surface area contributed by atoms with Crippen LogP contribution in [0, 0.1) is 11.6 Å². The normalized spacial score (nSPS) is 18.5. The molecule has 166 valence electrons. The molecule has 2 aromatic carbocycles. The van der Waals surface area contributed by atoms with E-state index >= 15 is 0 Å². The van der Waals surface area contributed by atoms with Crippen LogP contribution >= 0.6 is 0 Å². The Labute approximate surface area is 181 Å². The standard InChI is InChI=1S/C22H20F2N4O4/c1-11-10-32-19(12-2-4-13(5-3-12)22(30)31)9-28(11)18-8-17(26-27-21(18)25)15-6-14(23)7-16(24)20(15)29/h2-8,11,19,29H,9-10H2,1H3,(H2,25,27)(H,30,31)/t11-,19+/m1/s1. The molecule has 0 bridgehead atoms. The number of carboxylic acids is 1. The molecule has 3 aromatic rings. The number of benzene rings is 2. The molecule has 0 spiro atoms. The molecule has 0 amide bonds. The van der Waals surface area contributed by atoms with E-state index in [2.05, 4.69) is 10.2 Å². The number of phenols is 1. The Morgan fingerprint density at radius 2 is 1.91 bits per heavy atom. The fourth-order valence-corrected chi connectivity index (χ4v) is 3.65. The molecule has 32 heavy (non-hydrogen) atoms. The van der Waals surface area contributed by atoms with E-state index in [1.165, 1.54) is 18.2 Å².